The molecule has 0 unspecified atom stereocenters. The van der Waals surface area contributed by atoms with E-state index in [-0.39, 0.29) is 17.7 Å². The number of carbonyl (C=O) groups is 2. The summed E-state index contributed by atoms with van der Waals surface area (Å²) in [4.78, 5) is 37.3. The Hall–Kier alpha value is -2.70. The maximum absolute atomic E-state index is 12.1. The van der Waals surface area contributed by atoms with E-state index in [1.165, 1.54) is 12.4 Å². The van der Waals surface area contributed by atoms with Gasteiger partial charge in [0, 0.05) is 37.3 Å². The van der Waals surface area contributed by atoms with Gasteiger partial charge in [-0.15, -0.1) is 0 Å². The summed E-state index contributed by atoms with van der Waals surface area (Å²) in [6.07, 6.45) is 6.77. The zero-order valence-electron chi connectivity index (χ0n) is 13.7. The normalized spacial score (nSPS) is 17.7. The molecule has 0 bridgehead atoms. The fourth-order valence-electron chi connectivity index (χ4n) is 3.10. The molecule has 7 nitrogen and oxygen atoms in total. The molecule has 2 aromatic heterocycles. The summed E-state index contributed by atoms with van der Waals surface area (Å²) in [6.45, 7) is 6.71. The minimum absolute atomic E-state index is 0.0474. The third-order valence-electron chi connectivity index (χ3n) is 4.34. The number of rotatable bonds is 5. The van der Waals surface area contributed by atoms with Gasteiger partial charge in [0.15, 0.2) is 5.78 Å². The van der Waals surface area contributed by atoms with Gasteiger partial charge in [-0.25, -0.2) is 9.97 Å². The van der Waals surface area contributed by atoms with Gasteiger partial charge in [-0.3, -0.25) is 9.59 Å². The van der Waals surface area contributed by atoms with E-state index in [1.807, 2.05) is 6.92 Å². The molecule has 1 aliphatic rings. The Morgan fingerprint density at radius 3 is 3.08 bits per heavy atom. The van der Waals surface area contributed by atoms with Crippen molar-refractivity contribution < 1.29 is 9.59 Å². The molecular formula is C17H21N5O2. The topological polar surface area (TPSA) is 91.0 Å². The van der Waals surface area contributed by atoms with Gasteiger partial charge in [0.25, 0.3) is 0 Å². The largest absolute Gasteiger partial charge is 0.365 e. The SMILES string of the molecule is C=CC(=O)N1CCC[C@@H](Nc2ncnc3[nH]cc(C(=O)CC)c23)C1. The van der Waals surface area contributed by atoms with Crippen molar-refractivity contribution in [2.45, 2.75) is 32.2 Å². The Kier molecular flexibility index (Phi) is 4.59. The number of amides is 1. The zero-order chi connectivity index (χ0) is 17.1. The third-order valence-corrected chi connectivity index (χ3v) is 4.34. The summed E-state index contributed by atoms with van der Waals surface area (Å²) in [7, 11) is 0. The first-order valence-corrected chi connectivity index (χ1v) is 8.17. The predicted molar refractivity (Wildman–Crippen MR) is 91.9 cm³/mol. The highest BCUT2D eigenvalue weighted by atomic mass is 16.2. The molecule has 126 valence electrons. The number of nitrogens with one attached hydrogen (secondary N) is 2. The van der Waals surface area contributed by atoms with Gasteiger partial charge in [-0.2, -0.15) is 0 Å². The molecule has 0 radical (unpaired) electrons. The van der Waals surface area contributed by atoms with Crippen LogP contribution in [-0.4, -0.2) is 50.7 Å². The summed E-state index contributed by atoms with van der Waals surface area (Å²) in [6, 6.07) is 0.0835. The minimum atomic E-state index is -0.0576. The number of hydrogen-bond acceptors (Lipinski definition) is 5. The molecule has 24 heavy (non-hydrogen) atoms. The summed E-state index contributed by atoms with van der Waals surface area (Å²) >= 11 is 0. The third kappa shape index (κ3) is 3.02. The number of anilines is 1. The highest BCUT2D eigenvalue weighted by Gasteiger charge is 2.24. The van der Waals surface area contributed by atoms with Crippen molar-refractivity contribution in [3.63, 3.8) is 0 Å². The number of Topliss-reactive ketones (excluding diaryl/α,β-unsaturated/α-hetero) is 1. The van der Waals surface area contributed by atoms with Gasteiger partial charge in [0.2, 0.25) is 5.91 Å². The summed E-state index contributed by atoms with van der Waals surface area (Å²) < 4.78 is 0. The van der Waals surface area contributed by atoms with Crippen LogP contribution in [0.25, 0.3) is 11.0 Å². The molecule has 7 heteroatoms. The Morgan fingerprint density at radius 1 is 1.50 bits per heavy atom. The fourth-order valence-corrected chi connectivity index (χ4v) is 3.10. The van der Waals surface area contributed by atoms with E-state index >= 15 is 0 Å². The van der Waals surface area contributed by atoms with Gasteiger partial charge in [0.05, 0.1) is 5.39 Å². The Morgan fingerprint density at radius 2 is 2.33 bits per heavy atom. The number of hydrogen-bond donors (Lipinski definition) is 2. The molecule has 1 atom stereocenters. The molecule has 0 spiro atoms. The first-order chi connectivity index (χ1) is 11.6. The van der Waals surface area contributed by atoms with E-state index in [9.17, 15) is 9.59 Å². The van der Waals surface area contributed by atoms with Crippen molar-refractivity contribution in [3.05, 3.63) is 30.7 Å². The number of aromatic amines is 1. The van der Waals surface area contributed by atoms with Crippen LogP contribution >= 0.6 is 0 Å². The molecule has 0 aliphatic carbocycles. The van der Waals surface area contributed by atoms with Crippen LogP contribution in [0.2, 0.25) is 0 Å². The molecule has 2 aromatic rings. The summed E-state index contributed by atoms with van der Waals surface area (Å²) in [5.74, 6) is 0.625. The summed E-state index contributed by atoms with van der Waals surface area (Å²) in [5, 5.41) is 4.11. The van der Waals surface area contributed by atoms with Crippen LogP contribution in [0.15, 0.2) is 25.2 Å². The number of likely N-dealkylation sites (tertiary alicyclic amines) is 1. The van der Waals surface area contributed by atoms with Crippen LogP contribution in [-0.2, 0) is 4.79 Å². The lowest BCUT2D eigenvalue weighted by Gasteiger charge is -2.32. The van der Waals surface area contributed by atoms with Crippen LogP contribution in [0, 0.1) is 0 Å². The number of nitrogens with zero attached hydrogens (tertiary/aromatic N) is 3. The lowest BCUT2D eigenvalue weighted by Crippen LogP contribution is -2.44. The minimum Gasteiger partial charge on any atom is -0.365 e. The molecule has 0 aromatic carbocycles. The van der Waals surface area contributed by atoms with Crippen molar-refractivity contribution in [1.29, 1.82) is 0 Å². The van der Waals surface area contributed by atoms with Crippen molar-refractivity contribution in [3.8, 4) is 0 Å². The molecule has 1 saturated heterocycles. The molecule has 1 fully saturated rings. The number of ketones is 1. The quantitative estimate of drug-likeness (QED) is 0.648. The number of carbonyl (C=O) groups excluding carboxylic acids is 2. The Bertz CT molecular complexity index is 782. The lowest BCUT2D eigenvalue weighted by molar-refractivity contribution is -0.127. The number of H-pyrrole nitrogens is 1. The highest BCUT2D eigenvalue weighted by molar-refractivity contribution is 6.10. The molecule has 1 amide bonds. The van der Waals surface area contributed by atoms with Crippen LogP contribution < -0.4 is 5.32 Å². The van der Waals surface area contributed by atoms with E-state index < -0.39 is 0 Å². The second kappa shape index (κ2) is 6.82. The fraction of sp³-hybridized carbons (Fsp3) is 0.412. The number of fused-ring (bicyclic) bond motifs is 1. The van der Waals surface area contributed by atoms with Crippen molar-refractivity contribution in [1.82, 2.24) is 19.9 Å². The van der Waals surface area contributed by atoms with Crippen molar-refractivity contribution >= 4 is 28.5 Å². The second-order valence-corrected chi connectivity index (χ2v) is 5.90. The van der Waals surface area contributed by atoms with Gasteiger partial charge < -0.3 is 15.2 Å². The maximum Gasteiger partial charge on any atom is 0.246 e. The zero-order valence-corrected chi connectivity index (χ0v) is 13.7. The summed E-state index contributed by atoms with van der Waals surface area (Å²) in [5.41, 5.74) is 1.24. The van der Waals surface area contributed by atoms with Crippen molar-refractivity contribution in [2.75, 3.05) is 18.4 Å². The average molecular weight is 327 g/mol. The van der Waals surface area contributed by atoms with Gasteiger partial charge in [-0.1, -0.05) is 13.5 Å². The second-order valence-electron chi connectivity index (χ2n) is 5.90. The van der Waals surface area contributed by atoms with Gasteiger partial charge in [-0.05, 0) is 18.9 Å². The van der Waals surface area contributed by atoms with Crippen LogP contribution in [0.5, 0.6) is 0 Å². The Balaban J connectivity index is 1.87. The van der Waals surface area contributed by atoms with E-state index in [0.29, 0.717) is 30.0 Å². The van der Waals surface area contributed by atoms with Crippen LogP contribution in [0.1, 0.15) is 36.5 Å². The first kappa shape index (κ1) is 16.2. The number of aromatic nitrogens is 3. The highest BCUT2D eigenvalue weighted by Crippen LogP contribution is 2.26. The number of piperidine rings is 1. The maximum atomic E-state index is 12.1. The first-order valence-electron chi connectivity index (χ1n) is 8.17. The van der Waals surface area contributed by atoms with E-state index in [1.54, 1.807) is 11.1 Å². The van der Waals surface area contributed by atoms with Gasteiger partial charge >= 0.3 is 0 Å². The molecule has 3 rings (SSSR count). The lowest BCUT2D eigenvalue weighted by atomic mass is 10.0. The van der Waals surface area contributed by atoms with E-state index in [4.69, 9.17) is 0 Å². The molecule has 0 saturated carbocycles. The molecule has 1 aliphatic heterocycles. The van der Waals surface area contributed by atoms with E-state index in [2.05, 4.69) is 26.8 Å². The van der Waals surface area contributed by atoms with E-state index in [0.717, 1.165) is 24.8 Å². The molecule has 3 heterocycles. The van der Waals surface area contributed by atoms with Gasteiger partial charge in [0.1, 0.15) is 17.8 Å². The average Bonchev–Trinajstić information content (AvgIpc) is 3.06. The molecule has 2 N–H and O–H groups in total. The smallest absolute Gasteiger partial charge is 0.246 e. The molecular weight excluding hydrogens is 306 g/mol. The van der Waals surface area contributed by atoms with Crippen molar-refractivity contribution in [2.24, 2.45) is 0 Å². The monoisotopic (exact) mass is 327 g/mol. The standard InChI is InChI=1S/C17H21N5O2/c1-3-13(23)12-8-18-16-15(12)17(20-10-19-16)21-11-6-5-7-22(9-11)14(24)4-2/h4,8,10-11H,2-3,5-7,9H2,1H3,(H2,18,19,20,21)/t11-/m1/s1. The van der Waals surface area contributed by atoms with Crippen LogP contribution in [0.4, 0.5) is 5.82 Å². The Labute approximate surface area is 140 Å². The predicted octanol–water partition coefficient (Wildman–Crippen LogP) is 2.14. The van der Waals surface area contributed by atoms with Crippen LogP contribution in [0.3, 0.4) is 0 Å².